The molecule has 0 aliphatic heterocycles. The number of sulfone groups is 1. The summed E-state index contributed by atoms with van der Waals surface area (Å²) in [4.78, 5) is 12.6. The van der Waals surface area contributed by atoms with E-state index in [1.54, 1.807) is 23.0 Å². The van der Waals surface area contributed by atoms with Gasteiger partial charge in [0, 0.05) is 11.9 Å². The van der Waals surface area contributed by atoms with Gasteiger partial charge in [0.2, 0.25) is 11.7 Å². The fraction of sp³-hybridized carbons (Fsp3) is 0.0952. The number of carbonyl (C=O) groups excluding carboxylic acids is 1. The normalized spacial score (nSPS) is 11.4. The molecule has 0 aliphatic rings. The number of carbonyl (C=O) groups is 1. The van der Waals surface area contributed by atoms with Gasteiger partial charge in [-0.25, -0.2) is 8.42 Å². The van der Waals surface area contributed by atoms with E-state index in [0.29, 0.717) is 16.7 Å². The van der Waals surface area contributed by atoms with Crippen molar-refractivity contribution in [3.63, 3.8) is 0 Å². The molecule has 4 aromatic rings. The number of halogens is 1. The lowest BCUT2D eigenvalue weighted by Gasteiger charge is -2.10. The van der Waals surface area contributed by atoms with Gasteiger partial charge in [-0.3, -0.25) is 9.36 Å². The highest BCUT2D eigenvalue weighted by atomic mass is 35.5. The maximum Gasteiger partial charge on any atom is 0.234 e. The Morgan fingerprint density at radius 3 is 2.59 bits per heavy atom. The maximum absolute atomic E-state index is 12.6. The average molecular weight is 489 g/mol. The van der Waals surface area contributed by atoms with Crippen molar-refractivity contribution in [2.75, 3.05) is 17.3 Å². The highest BCUT2D eigenvalue weighted by Crippen LogP contribution is 2.29. The standard InChI is InChI=1S/C21H17ClN4O4S2/c1-32(28,29)15-9-10-16(22)17(12-15)23-19(27)13-31-21-25-24-20(18-8-5-11-30-18)26(21)14-6-3-2-4-7-14/h2-12H,13H2,1H3,(H,23,27). The van der Waals surface area contributed by atoms with Gasteiger partial charge in [0.05, 0.1) is 27.6 Å². The molecule has 0 radical (unpaired) electrons. The Hall–Kier alpha value is -3.08. The molecular formula is C21H17ClN4O4S2. The maximum atomic E-state index is 12.6. The van der Waals surface area contributed by atoms with Crippen LogP contribution in [0.2, 0.25) is 5.02 Å². The van der Waals surface area contributed by atoms with Crippen molar-refractivity contribution in [3.05, 3.63) is 71.9 Å². The molecule has 0 spiro atoms. The largest absolute Gasteiger partial charge is 0.461 e. The zero-order valence-electron chi connectivity index (χ0n) is 16.7. The van der Waals surface area contributed by atoms with Crippen molar-refractivity contribution >= 4 is 44.8 Å². The van der Waals surface area contributed by atoms with Gasteiger partial charge in [-0.1, -0.05) is 41.6 Å². The van der Waals surface area contributed by atoms with Crippen molar-refractivity contribution < 1.29 is 17.6 Å². The van der Waals surface area contributed by atoms with E-state index in [1.807, 2.05) is 30.3 Å². The number of nitrogens with one attached hydrogen (secondary N) is 1. The molecule has 2 aromatic carbocycles. The Morgan fingerprint density at radius 1 is 1.12 bits per heavy atom. The molecule has 11 heteroatoms. The van der Waals surface area contributed by atoms with E-state index in [2.05, 4.69) is 15.5 Å². The molecule has 164 valence electrons. The molecule has 2 aromatic heterocycles. The summed E-state index contributed by atoms with van der Waals surface area (Å²) in [6, 6.07) is 17.2. The number of anilines is 1. The number of amides is 1. The van der Waals surface area contributed by atoms with Crippen LogP contribution in [0, 0.1) is 0 Å². The summed E-state index contributed by atoms with van der Waals surface area (Å²) in [5.41, 5.74) is 1.04. The predicted octanol–water partition coefficient (Wildman–Crippen LogP) is 4.32. The zero-order chi connectivity index (χ0) is 22.7. The molecule has 0 atom stereocenters. The lowest BCUT2D eigenvalue weighted by molar-refractivity contribution is -0.113. The Kier molecular flexibility index (Phi) is 6.35. The highest BCUT2D eigenvalue weighted by Gasteiger charge is 2.19. The van der Waals surface area contributed by atoms with Crippen LogP contribution in [-0.4, -0.2) is 41.1 Å². The van der Waals surface area contributed by atoms with Crippen LogP contribution in [0.3, 0.4) is 0 Å². The second-order valence-electron chi connectivity index (χ2n) is 6.71. The van der Waals surface area contributed by atoms with Gasteiger partial charge in [-0.2, -0.15) is 0 Å². The van der Waals surface area contributed by atoms with Crippen LogP contribution >= 0.6 is 23.4 Å². The molecule has 0 bridgehead atoms. The Bertz CT molecular complexity index is 1350. The molecule has 0 saturated carbocycles. The van der Waals surface area contributed by atoms with Crippen molar-refractivity contribution in [1.82, 2.24) is 14.8 Å². The highest BCUT2D eigenvalue weighted by molar-refractivity contribution is 7.99. The molecule has 0 saturated heterocycles. The third-order valence-electron chi connectivity index (χ3n) is 4.36. The number of aromatic nitrogens is 3. The second kappa shape index (κ2) is 9.19. The van der Waals surface area contributed by atoms with Crippen LogP contribution in [0.5, 0.6) is 0 Å². The minimum Gasteiger partial charge on any atom is -0.461 e. The fourth-order valence-electron chi connectivity index (χ4n) is 2.89. The van der Waals surface area contributed by atoms with E-state index < -0.39 is 9.84 Å². The van der Waals surface area contributed by atoms with Gasteiger partial charge in [0.15, 0.2) is 20.8 Å². The first-order valence-electron chi connectivity index (χ1n) is 9.30. The number of benzene rings is 2. The van der Waals surface area contributed by atoms with Crippen molar-refractivity contribution in [3.8, 4) is 17.3 Å². The van der Waals surface area contributed by atoms with Crippen LogP contribution < -0.4 is 5.32 Å². The zero-order valence-corrected chi connectivity index (χ0v) is 19.1. The number of para-hydroxylation sites is 1. The van der Waals surface area contributed by atoms with Crippen molar-refractivity contribution in [2.24, 2.45) is 0 Å². The molecule has 0 fully saturated rings. The second-order valence-corrected chi connectivity index (χ2v) is 10.1. The summed E-state index contributed by atoms with van der Waals surface area (Å²) in [7, 11) is -3.43. The van der Waals surface area contributed by atoms with Gasteiger partial charge in [-0.15, -0.1) is 10.2 Å². The monoisotopic (exact) mass is 488 g/mol. The lowest BCUT2D eigenvalue weighted by atomic mass is 10.3. The third kappa shape index (κ3) is 4.87. The van der Waals surface area contributed by atoms with Gasteiger partial charge >= 0.3 is 0 Å². The molecule has 8 nitrogen and oxygen atoms in total. The van der Waals surface area contributed by atoms with E-state index in [1.165, 1.54) is 30.0 Å². The molecule has 4 rings (SSSR count). The summed E-state index contributed by atoms with van der Waals surface area (Å²) in [6.45, 7) is 0. The smallest absolute Gasteiger partial charge is 0.234 e. The van der Waals surface area contributed by atoms with E-state index in [0.717, 1.165) is 11.9 Å². The number of nitrogens with zero attached hydrogens (tertiary/aromatic N) is 3. The number of hydrogen-bond donors (Lipinski definition) is 1. The third-order valence-corrected chi connectivity index (χ3v) is 6.73. The summed E-state index contributed by atoms with van der Waals surface area (Å²) >= 11 is 7.30. The molecule has 0 aliphatic carbocycles. The molecule has 2 heterocycles. The number of hydrogen-bond acceptors (Lipinski definition) is 7. The van der Waals surface area contributed by atoms with Gasteiger partial charge < -0.3 is 9.73 Å². The number of furan rings is 1. The van der Waals surface area contributed by atoms with Crippen molar-refractivity contribution in [1.29, 1.82) is 0 Å². The minimum absolute atomic E-state index is 0.00253. The van der Waals surface area contributed by atoms with Crippen LogP contribution in [0.25, 0.3) is 17.3 Å². The summed E-state index contributed by atoms with van der Waals surface area (Å²) in [5, 5.41) is 11.8. The van der Waals surface area contributed by atoms with Crippen LogP contribution in [-0.2, 0) is 14.6 Å². The Morgan fingerprint density at radius 2 is 1.91 bits per heavy atom. The first-order valence-corrected chi connectivity index (χ1v) is 12.6. The molecular weight excluding hydrogens is 472 g/mol. The van der Waals surface area contributed by atoms with E-state index >= 15 is 0 Å². The average Bonchev–Trinajstić information content (AvgIpc) is 3.43. The molecule has 1 N–H and O–H groups in total. The summed E-state index contributed by atoms with van der Waals surface area (Å²) in [5.74, 6) is 0.683. The van der Waals surface area contributed by atoms with E-state index in [4.69, 9.17) is 16.0 Å². The predicted molar refractivity (Wildman–Crippen MR) is 123 cm³/mol. The molecule has 32 heavy (non-hydrogen) atoms. The topological polar surface area (TPSA) is 107 Å². The van der Waals surface area contributed by atoms with Crippen LogP contribution in [0.4, 0.5) is 5.69 Å². The SMILES string of the molecule is CS(=O)(=O)c1ccc(Cl)c(NC(=O)CSc2nnc(-c3ccco3)n2-c2ccccc2)c1. The van der Waals surface area contributed by atoms with Gasteiger partial charge in [0.1, 0.15) is 0 Å². The quantitative estimate of drug-likeness (QED) is 0.386. The molecule has 1 amide bonds. The van der Waals surface area contributed by atoms with E-state index in [9.17, 15) is 13.2 Å². The number of thioether (sulfide) groups is 1. The Balaban J connectivity index is 1.55. The summed E-state index contributed by atoms with van der Waals surface area (Å²) < 4.78 is 30.8. The van der Waals surface area contributed by atoms with Crippen molar-refractivity contribution in [2.45, 2.75) is 10.1 Å². The van der Waals surface area contributed by atoms with Gasteiger partial charge in [0.25, 0.3) is 0 Å². The first kappa shape index (κ1) is 22.1. The lowest BCUT2D eigenvalue weighted by Crippen LogP contribution is -2.15. The van der Waals surface area contributed by atoms with Crippen LogP contribution in [0.1, 0.15) is 0 Å². The number of rotatable bonds is 7. The van der Waals surface area contributed by atoms with Gasteiger partial charge in [-0.05, 0) is 42.5 Å². The summed E-state index contributed by atoms with van der Waals surface area (Å²) in [6.07, 6.45) is 2.64. The first-order chi connectivity index (χ1) is 15.3. The minimum atomic E-state index is -3.43. The Labute approximate surface area is 193 Å². The molecule has 0 unspecified atom stereocenters. The fourth-order valence-corrected chi connectivity index (χ4v) is 4.45. The van der Waals surface area contributed by atoms with Crippen LogP contribution in [0.15, 0.2) is 81.4 Å². The van der Waals surface area contributed by atoms with E-state index in [-0.39, 0.29) is 27.3 Å².